The normalized spacial score (nSPS) is 12.3. The van der Waals surface area contributed by atoms with Gasteiger partial charge in [0, 0.05) is 6.42 Å². The third-order valence-corrected chi connectivity index (χ3v) is 3.40. The van der Waals surface area contributed by atoms with Crippen molar-refractivity contribution in [2.75, 3.05) is 11.1 Å². The topological polar surface area (TPSA) is 105 Å². The first kappa shape index (κ1) is 18.2. The number of nitriles is 1. The Bertz CT molecular complexity index is 829. The molecule has 0 aliphatic rings. The molecule has 130 valence electrons. The number of hydrogen-bond donors (Lipinski definition) is 2. The Morgan fingerprint density at radius 3 is 2.80 bits per heavy atom. The van der Waals surface area contributed by atoms with Crippen molar-refractivity contribution in [3.05, 3.63) is 47.2 Å². The maximum Gasteiger partial charge on any atom is 0.416 e. The standard InChI is InChI=1S/C16H14F3N5O/c1-9(23-14-11(7-20)8-22-15(21)24-14)13(25)6-10-3-2-4-12(5-10)16(17,18)19/h2-5,8-9H,6H2,1H3,(H3,21,22,23,24)/t9-/m0/s1. The summed E-state index contributed by atoms with van der Waals surface area (Å²) in [7, 11) is 0. The van der Waals surface area contributed by atoms with Gasteiger partial charge in [-0.15, -0.1) is 0 Å². The third-order valence-electron chi connectivity index (χ3n) is 3.40. The fraction of sp³-hybridized carbons (Fsp3) is 0.250. The van der Waals surface area contributed by atoms with Gasteiger partial charge in [0.2, 0.25) is 5.95 Å². The number of benzene rings is 1. The first-order valence-electron chi connectivity index (χ1n) is 7.18. The van der Waals surface area contributed by atoms with Gasteiger partial charge in [0.05, 0.1) is 17.8 Å². The van der Waals surface area contributed by atoms with Gasteiger partial charge < -0.3 is 11.1 Å². The van der Waals surface area contributed by atoms with Crippen molar-refractivity contribution < 1.29 is 18.0 Å². The molecule has 0 saturated carbocycles. The zero-order valence-electron chi connectivity index (χ0n) is 13.1. The van der Waals surface area contributed by atoms with Crippen molar-refractivity contribution in [1.29, 1.82) is 5.26 Å². The maximum atomic E-state index is 12.7. The summed E-state index contributed by atoms with van der Waals surface area (Å²) in [5.74, 6) is -0.334. The van der Waals surface area contributed by atoms with Crippen LogP contribution in [0.25, 0.3) is 0 Å². The van der Waals surface area contributed by atoms with Crippen LogP contribution in [0, 0.1) is 11.3 Å². The molecule has 2 rings (SSSR count). The molecule has 0 aliphatic heterocycles. The number of alkyl halides is 3. The summed E-state index contributed by atoms with van der Waals surface area (Å²) in [4.78, 5) is 19.8. The third kappa shape index (κ3) is 4.67. The second-order valence-electron chi connectivity index (χ2n) is 5.31. The molecular weight excluding hydrogens is 335 g/mol. The smallest absolute Gasteiger partial charge is 0.368 e. The largest absolute Gasteiger partial charge is 0.416 e. The number of ketones is 1. The van der Waals surface area contributed by atoms with Gasteiger partial charge in [-0.3, -0.25) is 4.79 Å². The molecule has 6 nitrogen and oxygen atoms in total. The van der Waals surface area contributed by atoms with Crippen LogP contribution >= 0.6 is 0 Å². The number of nitrogens with one attached hydrogen (secondary N) is 1. The Balaban J connectivity index is 2.12. The van der Waals surface area contributed by atoms with E-state index in [0.29, 0.717) is 0 Å². The number of halogens is 3. The van der Waals surface area contributed by atoms with Crippen LogP contribution in [0.2, 0.25) is 0 Å². The van der Waals surface area contributed by atoms with E-state index in [4.69, 9.17) is 11.0 Å². The molecular formula is C16H14F3N5O. The summed E-state index contributed by atoms with van der Waals surface area (Å²) in [5.41, 5.74) is 4.99. The monoisotopic (exact) mass is 349 g/mol. The van der Waals surface area contributed by atoms with Crippen LogP contribution in [0.3, 0.4) is 0 Å². The summed E-state index contributed by atoms with van der Waals surface area (Å²) in [6.45, 7) is 1.52. The van der Waals surface area contributed by atoms with Gasteiger partial charge >= 0.3 is 6.18 Å². The first-order valence-corrected chi connectivity index (χ1v) is 7.18. The zero-order valence-corrected chi connectivity index (χ0v) is 13.1. The van der Waals surface area contributed by atoms with Gasteiger partial charge in [-0.05, 0) is 18.6 Å². The number of nitrogens with two attached hydrogens (primary N) is 1. The second kappa shape index (κ2) is 7.17. The Labute approximate surface area is 141 Å². The van der Waals surface area contributed by atoms with Crippen LogP contribution in [-0.2, 0) is 17.4 Å². The van der Waals surface area contributed by atoms with Gasteiger partial charge in [0.15, 0.2) is 5.78 Å². The highest BCUT2D eigenvalue weighted by molar-refractivity contribution is 5.88. The predicted octanol–water partition coefficient (Wildman–Crippen LogP) is 2.56. The molecule has 0 saturated heterocycles. The number of anilines is 2. The van der Waals surface area contributed by atoms with E-state index in [9.17, 15) is 18.0 Å². The fourth-order valence-corrected chi connectivity index (χ4v) is 2.08. The van der Waals surface area contributed by atoms with Gasteiger partial charge in [-0.1, -0.05) is 18.2 Å². The summed E-state index contributed by atoms with van der Waals surface area (Å²) in [6.07, 6.45) is -3.45. The number of aromatic nitrogens is 2. The Kier molecular flexibility index (Phi) is 5.22. The number of hydrogen-bond acceptors (Lipinski definition) is 6. The molecule has 3 N–H and O–H groups in total. The van der Waals surface area contributed by atoms with Crippen molar-refractivity contribution in [2.24, 2.45) is 0 Å². The van der Waals surface area contributed by atoms with Crippen molar-refractivity contribution in [2.45, 2.75) is 25.6 Å². The van der Waals surface area contributed by atoms with E-state index in [2.05, 4.69) is 15.3 Å². The maximum absolute atomic E-state index is 12.7. The van der Waals surface area contributed by atoms with Crippen molar-refractivity contribution >= 4 is 17.5 Å². The highest BCUT2D eigenvalue weighted by Crippen LogP contribution is 2.29. The molecule has 1 aromatic carbocycles. The average Bonchev–Trinajstić information content (AvgIpc) is 2.54. The van der Waals surface area contributed by atoms with Crippen molar-refractivity contribution in [1.82, 2.24) is 9.97 Å². The molecule has 1 heterocycles. The van der Waals surface area contributed by atoms with E-state index >= 15 is 0 Å². The quantitative estimate of drug-likeness (QED) is 0.859. The molecule has 2 aromatic rings. The number of carbonyl (C=O) groups excluding carboxylic acids is 1. The lowest BCUT2D eigenvalue weighted by atomic mass is 10.0. The predicted molar refractivity (Wildman–Crippen MR) is 84.4 cm³/mol. The fourth-order valence-electron chi connectivity index (χ4n) is 2.08. The lowest BCUT2D eigenvalue weighted by Crippen LogP contribution is -2.28. The van der Waals surface area contributed by atoms with Crippen LogP contribution in [0.15, 0.2) is 30.5 Å². The van der Waals surface area contributed by atoms with Crippen LogP contribution < -0.4 is 11.1 Å². The molecule has 1 atom stereocenters. The number of rotatable bonds is 5. The molecule has 9 heteroatoms. The van der Waals surface area contributed by atoms with E-state index in [0.717, 1.165) is 12.1 Å². The lowest BCUT2D eigenvalue weighted by Gasteiger charge is -2.15. The van der Waals surface area contributed by atoms with E-state index < -0.39 is 17.8 Å². The van der Waals surface area contributed by atoms with Crippen molar-refractivity contribution in [3.8, 4) is 6.07 Å². The average molecular weight is 349 g/mol. The molecule has 0 fully saturated rings. The lowest BCUT2D eigenvalue weighted by molar-refractivity contribution is -0.137. The molecule has 25 heavy (non-hydrogen) atoms. The number of nitrogen functional groups attached to an aromatic ring is 1. The first-order chi connectivity index (χ1) is 11.7. The van der Waals surface area contributed by atoms with Crippen LogP contribution in [-0.4, -0.2) is 21.8 Å². The van der Waals surface area contributed by atoms with Gasteiger partial charge in [0.1, 0.15) is 17.5 Å². The van der Waals surface area contributed by atoms with E-state index in [1.807, 2.05) is 6.07 Å². The second-order valence-corrected chi connectivity index (χ2v) is 5.31. The molecule has 0 spiro atoms. The van der Waals surface area contributed by atoms with E-state index in [1.54, 1.807) is 0 Å². The minimum Gasteiger partial charge on any atom is -0.368 e. The Hall–Kier alpha value is -3.15. The highest BCUT2D eigenvalue weighted by Gasteiger charge is 2.30. The minimum absolute atomic E-state index is 0.0703. The van der Waals surface area contributed by atoms with Gasteiger partial charge in [-0.25, -0.2) is 4.98 Å². The molecule has 0 radical (unpaired) electrons. The Morgan fingerprint density at radius 1 is 1.44 bits per heavy atom. The Morgan fingerprint density at radius 2 is 2.16 bits per heavy atom. The van der Waals surface area contributed by atoms with Crippen molar-refractivity contribution in [3.63, 3.8) is 0 Å². The van der Waals surface area contributed by atoms with Gasteiger partial charge in [0.25, 0.3) is 0 Å². The molecule has 0 unspecified atom stereocenters. The summed E-state index contributed by atoms with van der Waals surface area (Å²) in [6, 6.07) is 5.66. The SMILES string of the molecule is C[C@H](Nc1nc(N)ncc1C#N)C(=O)Cc1cccc(C(F)(F)F)c1. The minimum atomic E-state index is -4.47. The summed E-state index contributed by atoms with van der Waals surface area (Å²) in [5, 5.41) is 11.7. The van der Waals surface area contributed by atoms with E-state index in [1.165, 1.54) is 25.3 Å². The van der Waals surface area contributed by atoms with Gasteiger partial charge in [-0.2, -0.15) is 23.4 Å². The highest BCUT2D eigenvalue weighted by atomic mass is 19.4. The molecule has 1 aromatic heterocycles. The van der Waals surface area contributed by atoms with Crippen LogP contribution in [0.5, 0.6) is 0 Å². The number of nitrogens with zero attached hydrogens (tertiary/aromatic N) is 3. The number of carbonyl (C=O) groups is 1. The molecule has 0 amide bonds. The molecule has 0 bridgehead atoms. The number of Topliss-reactive ketones (excluding diaryl/α,β-unsaturated/α-hetero) is 1. The van der Waals surface area contributed by atoms with Crippen LogP contribution in [0.1, 0.15) is 23.6 Å². The summed E-state index contributed by atoms with van der Waals surface area (Å²) < 4.78 is 38.2. The molecule has 0 aliphatic carbocycles. The summed E-state index contributed by atoms with van der Waals surface area (Å²) >= 11 is 0. The van der Waals surface area contributed by atoms with E-state index in [-0.39, 0.29) is 35.1 Å². The zero-order chi connectivity index (χ0) is 18.6. The van der Waals surface area contributed by atoms with Crippen LogP contribution in [0.4, 0.5) is 24.9 Å².